The summed E-state index contributed by atoms with van der Waals surface area (Å²) in [5, 5.41) is 7.69. The van der Waals surface area contributed by atoms with Gasteiger partial charge in [-0.25, -0.2) is 0 Å². The maximum absolute atomic E-state index is 5.60. The average molecular weight is 1200 g/mol. The third-order valence-electron chi connectivity index (χ3n) is 20.9. The van der Waals surface area contributed by atoms with Crippen LogP contribution in [0.1, 0.15) is 225 Å². The van der Waals surface area contributed by atoms with E-state index >= 15 is 0 Å². The van der Waals surface area contributed by atoms with Crippen molar-refractivity contribution < 1.29 is 9.47 Å². The second-order valence-electron chi connectivity index (χ2n) is 32.7. The second-order valence-corrected chi connectivity index (χ2v) is 32.7. The highest BCUT2D eigenvalue weighted by atomic mass is 16.5. The molecule has 2 aromatic heterocycles. The molecular formula is C68H128N16O2. The SMILES string of the molecule is Cc1nc(N2CCOCC2)nc(N(CCCCCCN(C)C2CC(C)(C)N(C)C(C)(C)C2)C2CC(C)(C)N(C)C(C)(C)C2)n1.Cc1nc(N2CCOCC2)nc(N(CCCCCCN(C)C2CC(C)(C)NC(C)(C)C2)C2CC(C)(C)NC(C)(C)C2)n1. The van der Waals surface area contributed by atoms with Crippen LogP contribution in [-0.4, -0.2) is 225 Å². The molecule has 0 aromatic carbocycles. The van der Waals surface area contributed by atoms with Gasteiger partial charge in [-0.2, -0.15) is 29.9 Å². The lowest BCUT2D eigenvalue weighted by Crippen LogP contribution is -2.63. The molecule has 0 atom stereocenters. The molecule has 6 aliphatic heterocycles. The molecular weight excluding hydrogens is 1070 g/mol. The van der Waals surface area contributed by atoms with Crippen molar-refractivity contribution in [3.8, 4) is 0 Å². The van der Waals surface area contributed by atoms with E-state index < -0.39 is 0 Å². The number of hydrogen-bond acceptors (Lipinski definition) is 18. The van der Waals surface area contributed by atoms with E-state index in [9.17, 15) is 0 Å². The lowest BCUT2D eigenvalue weighted by molar-refractivity contribution is -0.0426. The number of piperidine rings is 4. The van der Waals surface area contributed by atoms with Gasteiger partial charge in [0.05, 0.1) is 26.4 Å². The molecule has 18 heteroatoms. The van der Waals surface area contributed by atoms with Crippen molar-refractivity contribution in [2.45, 2.75) is 296 Å². The first kappa shape index (κ1) is 70.4. The summed E-state index contributed by atoms with van der Waals surface area (Å²) in [6.45, 7) is 52.5. The monoisotopic (exact) mass is 1200 g/mol. The molecule has 0 unspecified atom stereocenters. The van der Waals surface area contributed by atoms with Crippen LogP contribution in [0.4, 0.5) is 23.8 Å². The van der Waals surface area contributed by atoms with Crippen LogP contribution in [0.2, 0.25) is 0 Å². The molecule has 0 spiro atoms. The van der Waals surface area contributed by atoms with Crippen molar-refractivity contribution in [3.05, 3.63) is 11.6 Å². The summed E-state index contributed by atoms with van der Waals surface area (Å²) in [5.41, 5.74) is 1.16. The summed E-state index contributed by atoms with van der Waals surface area (Å²) in [6, 6.07) is 2.06. The fraction of sp³-hybridized carbons (Fsp3) is 0.912. The van der Waals surface area contributed by atoms with Crippen LogP contribution in [0.5, 0.6) is 0 Å². The summed E-state index contributed by atoms with van der Waals surface area (Å²) in [7, 11) is 9.27. The van der Waals surface area contributed by atoms with Gasteiger partial charge in [-0.15, -0.1) is 0 Å². The van der Waals surface area contributed by atoms with Gasteiger partial charge in [0, 0.05) is 108 Å². The summed E-state index contributed by atoms with van der Waals surface area (Å²) in [5.74, 6) is 4.90. The Bertz CT molecular complexity index is 2360. The number of ether oxygens (including phenoxy) is 2. The Labute approximate surface area is 525 Å². The summed E-state index contributed by atoms with van der Waals surface area (Å²) in [6.07, 6.45) is 19.0. The van der Waals surface area contributed by atoms with E-state index in [-0.39, 0.29) is 44.3 Å². The zero-order valence-corrected chi connectivity index (χ0v) is 59.2. The molecule has 6 aliphatic rings. The van der Waals surface area contributed by atoms with Crippen molar-refractivity contribution >= 4 is 23.8 Å². The van der Waals surface area contributed by atoms with E-state index in [0.29, 0.717) is 24.2 Å². The molecule has 0 bridgehead atoms. The third kappa shape index (κ3) is 19.5. The van der Waals surface area contributed by atoms with Crippen molar-refractivity contribution in [2.24, 2.45) is 0 Å². The molecule has 8 rings (SSSR count). The van der Waals surface area contributed by atoms with Crippen LogP contribution in [0.25, 0.3) is 0 Å². The van der Waals surface area contributed by atoms with Gasteiger partial charge in [0.2, 0.25) is 23.8 Å². The van der Waals surface area contributed by atoms with Gasteiger partial charge in [-0.05, 0) is 243 Å². The summed E-state index contributed by atoms with van der Waals surface area (Å²) >= 11 is 0. The number of unbranched alkanes of at least 4 members (excludes halogenated alkanes) is 6. The topological polar surface area (TPSA) is 146 Å². The van der Waals surface area contributed by atoms with E-state index in [2.05, 4.69) is 189 Å². The van der Waals surface area contributed by atoms with Gasteiger partial charge >= 0.3 is 0 Å². The molecule has 0 amide bonds. The molecule has 86 heavy (non-hydrogen) atoms. The number of rotatable bonds is 22. The summed E-state index contributed by atoms with van der Waals surface area (Å²) < 4.78 is 11.2. The van der Waals surface area contributed by atoms with Crippen LogP contribution in [0, 0.1) is 13.8 Å². The van der Waals surface area contributed by atoms with Crippen molar-refractivity contribution in [2.75, 3.05) is 127 Å². The minimum atomic E-state index is 0.0577. The van der Waals surface area contributed by atoms with E-state index in [1.807, 2.05) is 13.8 Å². The first-order chi connectivity index (χ1) is 40.0. The number of morpholine rings is 2. The maximum atomic E-state index is 5.60. The number of hydrogen-bond donors (Lipinski definition) is 2. The number of likely N-dealkylation sites (tertiary alicyclic amines) is 2. The van der Waals surface area contributed by atoms with Gasteiger partial charge in [0.25, 0.3) is 0 Å². The molecule has 6 fully saturated rings. The molecule has 0 aliphatic carbocycles. The second kappa shape index (κ2) is 28.6. The zero-order valence-electron chi connectivity index (χ0n) is 59.2. The predicted molar refractivity (Wildman–Crippen MR) is 359 cm³/mol. The number of nitrogens with zero attached hydrogens (tertiary/aromatic N) is 14. The first-order valence-corrected chi connectivity index (χ1v) is 34.1. The minimum Gasteiger partial charge on any atom is -0.378 e. The highest BCUT2D eigenvalue weighted by molar-refractivity contribution is 5.42. The molecule has 8 heterocycles. The molecule has 492 valence electrons. The van der Waals surface area contributed by atoms with Crippen LogP contribution in [0.15, 0.2) is 0 Å². The Morgan fingerprint density at radius 2 is 0.663 bits per heavy atom. The molecule has 18 nitrogen and oxygen atoms in total. The fourth-order valence-corrected chi connectivity index (χ4v) is 16.5. The zero-order chi connectivity index (χ0) is 63.3. The van der Waals surface area contributed by atoms with Crippen molar-refractivity contribution in [1.29, 1.82) is 0 Å². The van der Waals surface area contributed by atoms with E-state index in [0.717, 1.165) is 140 Å². The Morgan fingerprint density at radius 1 is 0.384 bits per heavy atom. The average Bonchev–Trinajstić information content (AvgIpc) is 0.991. The van der Waals surface area contributed by atoms with Crippen LogP contribution in [0.3, 0.4) is 0 Å². The van der Waals surface area contributed by atoms with Gasteiger partial charge in [-0.1, -0.05) is 25.7 Å². The minimum absolute atomic E-state index is 0.0577. The first-order valence-electron chi connectivity index (χ1n) is 34.1. The Hall–Kier alpha value is -3.10. The largest absolute Gasteiger partial charge is 0.378 e. The Morgan fingerprint density at radius 3 is 1.00 bits per heavy atom. The van der Waals surface area contributed by atoms with Crippen LogP contribution < -0.4 is 30.2 Å². The number of nitrogens with one attached hydrogen (secondary N) is 2. The van der Waals surface area contributed by atoms with Crippen LogP contribution in [-0.2, 0) is 9.47 Å². The lowest BCUT2D eigenvalue weighted by atomic mass is 9.77. The predicted octanol–water partition coefficient (Wildman–Crippen LogP) is 10.6. The number of anilines is 4. The van der Waals surface area contributed by atoms with Gasteiger partial charge in [-0.3, -0.25) is 9.80 Å². The van der Waals surface area contributed by atoms with Gasteiger partial charge in [0.1, 0.15) is 11.6 Å². The maximum Gasteiger partial charge on any atom is 0.230 e. The quantitative estimate of drug-likeness (QED) is 0.108. The van der Waals surface area contributed by atoms with Crippen molar-refractivity contribution in [1.82, 2.24) is 60.1 Å². The molecule has 6 saturated heterocycles. The van der Waals surface area contributed by atoms with E-state index in [1.165, 1.54) is 77.3 Å². The Balaban J connectivity index is 0.000000246. The molecule has 2 aromatic rings. The third-order valence-corrected chi connectivity index (χ3v) is 20.9. The molecule has 2 N–H and O–H groups in total. The highest BCUT2D eigenvalue weighted by Crippen LogP contribution is 2.42. The fourth-order valence-electron chi connectivity index (χ4n) is 16.5. The number of aryl methyl sites for hydroxylation is 2. The smallest absolute Gasteiger partial charge is 0.230 e. The summed E-state index contributed by atoms with van der Waals surface area (Å²) in [4.78, 5) is 49.6. The molecule has 0 saturated carbocycles. The van der Waals surface area contributed by atoms with Gasteiger partial charge < -0.3 is 49.5 Å². The van der Waals surface area contributed by atoms with Crippen LogP contribution >= 0.6 is 0 Å². The van der Waals surface area contributed by atoms with Crippen molar-refractivity contribution in [3.63, 3.8) is 0 Å². The standard InChI is InChI=1S/C35H66N8O.C33H62N8O/c1-27-36-30(42-19-21-44-22-20-42)38-31(37-27)43(29-25-34(6,7)41(12)35(8,9)26-29)18-16-14-13-15-17-39(10)28-23-32(2,3)40(11)33(4,5)24-28;1-25-34-28(40-17-19-42-20-18-40)36-29(35-25)41(27-23-32(6,7)38-33(8,9)24-27)16-14-12-11-13-15-39(10)26-21-30(2,3)37-31(4,5)22-26/h28-29H,13-26H2,1-12H3;26-27,37-38H,11-24H2,1-10H3. The normalized spacial score (nSPS) is 24.4. The lowest BCUT2D eigenvalue weighted by Gasteiger charge is -2.55. The number of aromatic nitrogens is 6. The van der Waals surface area contributed by atoms with E-state index in [4.69, 9.17) is 39.4 Å². The van der Waals surface area contributed by atoms with Gasteiger partial charge in [0.15, 0.2) is 0 Å². The molecule has 0 radical (unpaired) electrons. The Kier molecular flexibility index (Phi) is 23.4. The highest BCUT2D eigenvalue weighted by Gasteiger charge is 2.47. The van der Waals surface area contributed by atoms with E-state index in [1.54, 1.807) is 0 Å².